The van der Waals surface area contributed by atoms with Gasteiger partial charge in [0, 0.05) is 11.0 Å². The second-order valence-corrected chi connectivity index (χ2v) is 4.22. The molecule has 0 aliphatic rings. The number of halogens is 1. The molecule has 0 bridgehead atoms. The lowest BCUT2D eigenvalue weighted by Crippen LogP contribution is -2.27. The van der Waals surface area contributed by atoms with Gasteiger partial charge in [0.05, 0.1) is 0 Å². The Bertz CT molecular complexity index is 393. The van der Waals surface area contributed by atoms with E-state index in [1.807, 2.05) is 24.3 Å². The van der Waals surface area contributed by atoms with E-state index in [0.29, 0.717) is 13.0 Å². The van der Waals surface area contributed by atoms with Crippen LogP contribution in [-0.4, -0.2) is 23.5 Å². The minimum absolute atomic E-state index is 0.447. The minimum Gasteiger partial charge on any atom is -0.481 e. The van der Waals surface area contributed by atoms with Crippen LogP contribution in [0.25, 0.3) is 0 Å². The van der Waals surface area contributed by atoms with E-state index in [-0.39, 0.29) is 0 Å². The number of hydrogen-bond acceptors (Lipinski definition) is 2. The van der Waals surface area contributed by atoms with Crippen molar-refractivity contribution in [2.24, 2.45) is 0 Å². The Balaban J connectivity index is 2.30. The van der Waals surface area contributed by atoms with Crippen molar-refractivity contribution in [3.05, 3.63) is 34.3 Å². The van der Waals surface area contributed by atoms with Crippen molar-refractivity contribution in [1.29, 1.82) is 0 Å². The molecule has 0 spiro atoms. The first-order chi connectivity index (χ1) is 7.58. The van der Waals surface area contributed by atoms with Gasteiger partial charge in [-0.1, -0.05) is 28.1 Å². The summed E-state index contributed by atoms with van der Waals surface area (Å²) in [5.74, 6) is -1.57. The molecular formula is C11H12BrNO3. The number of carboxylic acid groups (broad SMARTS) is 1. The zero-order valence-corrected chi connectivity index (χ0v) is 10.2. The predicted molar refractivity (Wildman–Crippen MR) is 63.1 cm³/mol. The van der Waals surface area contributed by atoms with Gasteiger partial charge in [0.15, 0.2) is 0 Å². The van der Waals surface area contributed by atoms with Crippen LogP contribution in [0.4, 0.5) is 0 Å². The number of carboxylic acids is 1. The molecule has 0 aromatic heterocycles. The molecule has 0 heterocycles. The maximum Gasteiger partial charge on any atom is 0.312 e. The molecule has 1 aromatic rings. The molecule has 0 fully saturated rings. The number of benzene rings is 1. The number of hydrogen-bond donors (Lipinski definition) is 2. The quantitative estimate of drug-likeness (QED) is 0.808. The summed E-state index contributed by atoms with van der Waals surface area (Å²) in [6.07, 6.45) is 0.212. The van der Waals surface area contributed by atoms with Gasteiger partial charge in [-0.05, 0) is 24.1 Å². The molecule has 5 heteroatoms. The summed E-state index contributed by atoms with van der Waals surface area (Å²) in [5.41, 5.74) is 1.09. The van der Waals surface area contributed by atoms with Crippen molar-refractivity contribution < 1.29 is 14.7 Å². The van der Waals surface area contributed by atoms with Crippen LogP contribution in [0.15, 0.2) is 28.7 Å². The maximum atomic E-state index is 11.0. The summed E-state index contributed by atoms with van der Waals surface area (Å²) >= 11 is 3.35. The van der Waals surface area contributed by atoms with Crippen molar-refractivity contribution in [3.8, 4) is 0 Å². The van der Waals surface area contributed by atoms with Crippen LogP contribution in [0.3, 0.4) is 0 Å². The van der Waals surface area contributed by atoms with E-state index in [2.05, 4.69) is 21.2 Å². The number of rotatable bonds is 5. The Morgan fingerprint density at radius 2 is 2.12 bits per heavy atom. The predicted octanol–water partition coefficient (Wildman–Crippen LogP) is 1.58. The highest BCUT2D eigenvalue weighted by Gasteiger charge is 2.06. The monoisotopic (exact) mass is 285 g/mol. The van der Waals surface area contributed by atoms with Crippen molar-refractivity contribution >= 4 is 27.8 Å². The SMILES string of the molecule is O=C(O)CC(=O)NCCc1cccc(Br)c1. The summed E-state index contributed by atoms with van der Waals surface area (Å²) in [5, 5.41) is 10.9. The van der Waals surface area contributed by atoms with Crippen LogP contribution in [-0.2, 0) is 16.0 Å². The van der Waals surface area contributed by atoms with Gasteiger partial charge >= 0.3 is 5.97 Å². The molecule has 1 amide bonds. The molecule has 16 heavy (non-hydrogen) atoms. The number of amides is 1. The van der Waals surface area contributed by atoms with Gasteiger partial charge < -0.3 is 10.4 Å². The third-order valence-electron chi connectivity index (χ3n) is 1.94. The van der Waals surface area contributed by atoms with Crippen molar-refractivity contribution in [2.45, 2.75) is 12.8 Å². The van der Waals surface area contributed by atoms with E-state index in [9.17, 15) is 9.59 Å². The third-order valence-corrected chi connectivity index (χ3v) is 2.43. The van der Waals surface area contributed by atoms with E-state index >= 15 is 0 Å². The fourth-order valence-electron chi connectivity index (χ4n) is 1.24. The van der Waals surface area contributed by atoms with Gasteiger partial charge in [0.1, 0.15) is 6.42 Å². The smallest absolute Gasteiger partial charge is 0.312 e. The molecule has 1 rings (SSSR count). The van der Waals surface area contributed by atoms with Gasteiger partial charge in [-0.15, -0.1) is 0 Å². The molecule has 0 radical (unpaired) electrons. The average Bonchev–Trinajstić information content (AvgIpc) is 2.16. The van der Waals surface area contributed by atoms with Crippen LogP contribution in [0.1, 0.15) is 12.0 Å². The molecule has 1 aromatic carbocycles. The Morgan fingerprint density at radius 1 is 1.38 bits per heavy atom. The Hall–Kier alpha value is -1.36. The molecule has 0 saturated carbocycles. The lowest BCUT2D eigenvalue weighted by atomic mass is 10.1. The summed E-state index contributed by atoms with van der Waals surface area (Å²) in [7, 11) is 0. The van der Waals surface area contributed by atoms with Crippen molar-refractivity contribution in [2.75, 3.05) is 6.54 Å². The zero-order chi connectivity index (χ0) is 12.0. The molecule has 0 saturated heterocycles. The van der Waals surface area contributed by atoms with E-state index in [0.717, 1.165) is 10.0 Å². The highest BCUT2D eigenvalue weighted by Crippen LogP contribution is 2.11. The van der Waals surface area contributed by atoms with E-state index in [1.165, 1.54) is 0 Å². The Kier molecular flexibility index (Phi) is 4.98. The van der Waals surface area contributed by atoms with Crippen molar-refractivity contribution in [1.82, 2.24) is 5.32 Å². The third kappa shape index (κ3) is 4.93. The first-order valence-electron chi connectivity index (χ1n) is 4.81. The highest BCUT2D eigenvalue weighted by molar-refractivity contribution is 9.10. The van der Waals surface area contributed by atoms with E-state index in [4.69, 9.17) is 5.11 Å². The normalized spacial score (nSPS) is 9.81. The second kappa shape index (κ2) is 6.27. The molecule has 0 aliphatic heterocycles. The van der Waals surface area contributed by atoms with Crippen molar-refractivity contribution in [3.63, 3.8) is 0 Å². The fourth-order valence-corrected chi connectivity index (χ4v) is 1.69. The zero-order valence-electron chi connectivity index (χ0n) is 8.57. The molecule has 4 nitrogen and oxygen atoms in total. The lowest BCUT2D eigenvalue weighted by molar-refractivity contribution is -0.140. The van der Waals surface area contributed by atoms with Gasteiger partial charge in [0.2, 0.25) is 5.91 Å². The molecular weight excluding hydrogens is 274 g/mol. The number of carbonyl (C=O) groups is 2. The first kappa shape index (κ1) is 12.7. The second-order valence-electron chi connectivity index (χ2n) is 3.30. The van der Waals surface area contributed by atoms with Crippen LogP contribution >= 0.6 is 15.9 Å². The minimum atomic E-state index is -1.11. The molecule has 0 atom stereocenters. The average molecular weight is 286 g/mol. The molecule has 0 unspecified atom stereocenters. The number of carbonyl (C=O) groups excluding carboxylic acids is 1. The van der Waals surface area contributed by atoms with Gasteiger partial charge in [-0.2, -0.15) is 0 Å². The molecule has 86 valence electrons. The largest absolute Gasteiger partial charge is 0.481 e. The number of nitrogens with one attached hydrogen (secondary N) is 1. The lowest BCUT2D eigenvalue weighted by Gasteiger charge is -2.04. The van der Waals surface area contributed by atoms with Gasteiger partial charge in [-0.3, -0.25) is 9.59 Å². The topological polar surface area (TPSA) is 66.4 Å². The Morgan fingerprint density at radius 3 is 2.75 bits per heavy atom. The summed E-state index contributed by atoms with van der Waals surface area (Å²) in [6.45, 7) is 0.447. The molecule has 0 aliphatic carbocycles. The van der Waals surface area contributed by atoms with Crippen LogP contribution in [0.5, 0.6) is 0 Å². The van der Waals surface area contributed by atoms with E-state index in [1.54, 1.807) is 0 Å². The summed E-state index contributed by atoms with van der Waals surface area (Å²) < 4.78 is 0.988. The summed E-state index contributed by atoms with van der Waals surface area (Å²) in [4.78, 5) is 21.2. The number of aliphatic carboxylic acids is 1. The highest BCUT2D eigenvalue weighted by atomic mass is 79.9. The van der Waals surface area contributed by atoms with Crippen LogP contribution in [0, 0.1) is 0 Å². The fraction of sp³-hybridized carbons (Fsp3) is 0.273. The van der Waals surface area contributed by atoms with Crippen LogP contribution < -0.4 is 5.32 Å². The standard InChI is InChI=1S/C11H12BrNO3/c12-9-3-1-2-8(6-9)4-5-13-10(14)7-11(15)16/h1-3,6H,4-5,7H2,(H,13,14)(H,15,16). The Labute approximate surface area is 102 Å². The maximum absolute atomic E-state index is 11.0. The first-order valence-corrected chi connectivity index (χ1v) is 5.60. The summed E-state index contributed by atoms with van der Waals surface area (Å²) in [6, 6.07) is 7.75. The van der Waals surface area contributed by atoms with Gasteiger partial charge in [0.25, 0.3) is 0 Å². The van der Waals surface area contributed by atoms with Gasteiger partial charge in [-0.25, -0.2) is 0 Å². The van der Waals surface area contributed by atoms with E-state index < -0.39 is 18.3 Å². The molecule has 2 N–H and O–H groups in total. The van der Waals surface area contributed by atoms with Crippen LogP contribution in [0.2, 0.25) is 0 Å².